The predicted octanol–water partition coefficient (Wildman–Crippen LogP) is 4.35. The lowest BCUT2D eigenvalue weighted by atomic mass is 10.2. The summed E-state index contributed by atoms with van der Waals surface area (Å²) in [5.41, 5.74) is 2.61. The van der Waals surface area contributed by atoms with Crippen molar-refractivity contribution in [2.24, 2.45) is 0 Å². The number of hydrogen-bond acceptors (Lipinski definition) is 2. The number of nitrogens with one attached hydrogen (secondary N) is 2. The number of amides is 1. The van der Waals surface area contributed by atoms with Crippen LogP contribution in [0.3, 0.4) is 0 Å². The molecule has 0 saturated heterocycles. The molecule has 0 aliphatic heterocycles. The van der Waals surface area contributed by atoms with Gasteiger partial charge < -0.3 is 10.6 Å². The fourth-order valence-electron chi connectivity index (χ4n) is 1.78. The van der Waals surface area contributed by atoms with E-state index in [-0.39, 0.29) is 12.5 Å². The number of halogens is 2. The quantitative estimate of drug-likeness (QED) is 0.881. The topological polar surface area (TPSA) is 41.1 Å². The SMILES string of the molecule is Cc1ccccc1NCC(=O)Nc1cc(Cl)cc(Cl)c1. The second-order valence-electron chi connectivity index (χ2n) is 4.37. The molecule has 0 atom stereocenters. The molecule has 0 unspecified atom stereocenters. The Hall–Kier alpha value is -1.71. The van der Waals surface area contributed by atoms with Crippen molar-refractivity contribution in [1.82, 2.24) is 0 Å². The second-order valence-corrected chi connectivity index (χ2v) is 5.25. The highest BCUT2D eigenvalue weighted by Gasteiger charge is 2.05. The standard InChI is InChI=1S/C15H14Cl2N2O/c1-10-4-2-3-5-14(10)18-9-15(20)19-13-7-11(16)6-12(17)8-13/h2-8,18H,9H2,1H3,(H,19,20). The molecule has 0 saturated carbocycles. The highest BCUT2D eigenvalue weighted by Crippen LogP contribution is 2.22. The highest BCUT2D eigenvalue weighted by molar-refractivity contribution is 6.35. The number of para-hydroxylation sites is 1. The van der Waals surface area contributed by atoms with Crippen LogP contribution in [0, 0.1) is 6.92 Å². The molecule has 0 radical (unpaired) electrons. The molecule has 2 aromatic carbocycles. The van der Waals surface area contributed by atoms with Gasteiger partial charge in [-0.1, -0.05) is 41.4 Å². The first kappa shape index (κ1) is 14.7. The van der Waals surface area contributed by atoms with Gasteiger partial charge in [0.05, 0.1) is 6.54 Å². The number of carbonyl (C=O) groups excluding carboxylic acids is 1. The Morgan fingerprint density at radius 3 is 2.40 bits per heavy atom. The molecule has 20 heavy (non-hydrogen) atoms. The third-order valence-electron chi connectivity index (χ3n) is 2.73. The molecule has 0 aliphatic carbocycles. The van der Waals surface area contributed by atoms with Crippen LogP contribution in [0.25, 0.3) is 0 Å². The summed E-state index contributed by atoms with van der Waals surface area (Å²) in [5.74, 6) is -0.161. The maximum atomic E-state index is 11.9. The van der Waals surface area contributed by atoms with Gasteiger partial charge in [-0.25, -0.2) is 0 Å². The fraction of sp³-hybridized carbons (Fsp3) is 0.133. The number of hydrogen-bond donors (Lipinski definition) is 2. The highest BCUT2D eigenvalue weighted by atomic mass is 35.5. The summed E-state index contributed by atoms with van der Waals surface area (Å²) < 4.78 is 0. The van der Waals surface area contributed by atoms with Gasteiger partial charge in [-0.05, 0) is 36.8 Å². The average Bonchev–Trinajstić information content (AvgIpc) is 2.36. The molecule has 0 aromatic heterocycles. The van der Waals surface area contributed by atoms with E-state index >= 15 is 0 Å². The summed E-state index contributed by atoms with van der Waals surface area (Å²) in [5, 5.41) is 6.80. The molecule has 0 fully saturated rings. The molecule has 1 amide bonds. The number of carbonyl (C=O) groups is 1. The second kappa shape index (κ2) is 6.64. The smallest absolute Gasteiger partial charge is 0.243 e. The molecule has 104 valence electrons. The lowest BCUT2D eigenvalue weighted by molar-refractivity contribution is -0.114. The molecule has 0 heterocycles. The van der Waals surface area contributed by atoms with Crippen LogP contribution in [0.2, 0.25) is 10.0 Å². The zero-order chi connectivity index (χ0) is 14.5. The third-order valence-corrected chi connectivity index (χ3v) is 3.17. The molecule has 2 N–H and O–H groups in total. The van der Waals surface area contributed by atoms with Crippen LogP contribution >= 0.6 is 23.2 Å². The molecule has 2 rings (SSSR count). The molecule has 5 heteroatoms. The van der Waals surface area contributed by atoms with Gasteiger partial charge in [0, 0.05) is 21.4 Å². The Bertz CT molecular complexity index is 609. The number of aryl methyl sites for hydroxylation is 1. The van der Waals surface area contributed by atoms with Gasteiger partial charge in [0.15, 0.2) is 0 Å². The number of rotatable bonds is 4. The first-order valence-electron chi connectivity index (χ1n) is 6.10. The summed E-state index contributed by atoms with van der Waals surface area (Å²) in [6.45, 7) is 2.16. The molecule has 0 aliphatic rings. The maximum Gasteiger partial charge on any atom is 0.243 e. The van der Waals surface area contributed by atoms with E-state index in [1.54, 1.807) is 18.2 Å². The fourth-order valence-corrected chi connectivity index (χ4v) is 2.30. The van der Waals surface area contributed by atoms with Crippen molar-refractivity contribution in [2.75, 3.05) is 17.2 Å². The van der Waals surface area contributed by atoms with Crippen LogP contribution in [0.1, 0.15) is 5.56 Å². The largest absolute Gasteiger partial charge is 0.376 e. The third kappa shape index (κ3) is 4.15. The Labute approximate surface area is 127 Å². The van der Waals surface area contributed by atoms with E-state index in [0.717, 1.165) is 11.3 Å². The summed E-state index contributed by atoms with van der Waals surface area (Å²) in [6, 6.07) is 12.7. The minimum Gasteiger partial charge on any atom is -0.376 e. The first-order valence-corrected chi connectivity index (χ1v) is 6.85. The molecule has 0 spiro atoms. The Kier molecular flexibility index (Phi) is 4.88. The Morgan fingerprint density at radius 2 is 1.75 bits per heavy atom. The predicted molar refractivity (Wildman–Crippen MR) is 84.8 cm³/mol. The first-order chi connectivity index (χ1) is 9.54. The zero-order valence-electron chi connectivity index (χ0n) is 10.9. The van der Waals surface area contributed by atoms with Gasteiger partial charge in [-0.15, -0.1) is 0 Å². The maximum absolute atomic E-state index is 11.9. The average molecular weight is 309 g/mol. The van der Waals surface area contributed by atoms with E-state index in [1.807, 2.05) is 31.2 Å². The van der Waals surface area contributed by atoms with Crippen molar-refractivity contribution in [3.63, 3.8) is 0 Å². The van der Waals surface area contributed by atoms with Crippen molar-refractivity contribution in [3.8, 4) is 0 Å². The lowest BCUT2D eigenvalue weighted by Gasteiger charge is -2.10. The van der Waals surface area contributed by atoms with E-state index in [4.69, 9.17) is 23.2 Å². The zero-order valence-corrected chi connectivity index (χ0v) is 12.4. The Balaban J connectivity index is 1.94. The summed E-state index contributed by atoms with van der Waals surface area (Å²) in [6.07, 6.45) is 0. The summed E-state index contributed by atoms with van der Waals surface area (Å²) in [7, 11) is 0. The lowest BCUT2D eigenvalue weighted by Crippen LogP contribution is -2.22. The molecule has 2 aromatic rings. The van der Waals surface area contributed by atoms with Crippen LogP contribution in [0.5, 0.6) is 0 Å². The summed E-state index contributed by atoms with van der Waals surface area (Å²) >= 11 is 11.8. The van der Waals surface area contributed by atoms with Gasteiger partial charge in [0.25, 0.3) is 0 Å². The molecule has 3 nitrogen and oxygen atoms in total. The van der Waals surface area contributed by atoms with Gasteiger partial charge >= 0.3 is 0 Å². The van der Waals surface area contributed by atoms with Crippen LogP contribution in [0.15, 0.2) is 42.5 Å². The van der Waals surface area contributed by atoms with E-state index in [1.165, 1.54) is 0 Å². The van der Waals surface area contributed by atoms with E-state index in [9.17, 15) is 4.79 Å². The van der Waals surface area contributed by atoms with Crippen LogP contribution in [-0.4, -0.2) is 12.5 Å². The monoisotopic (exact) mass is 308 g/mol. The van der Waals surface area contributed by atoms with E-state index < -0.39 is 0 Å². The molecular weight excluding hydrogens is 295 g/mol. The number of anilines is 2. The number of benzene rings is 2. The van der Waals surface area contributed by atoms with E-state index in [0.29, 0.717) is 15.7 Å². The van der Waals surface area contributed by atoms with Crippen LogP contribution in [0.4, 0.5) is 11.4 Å². The summed E-state index contributed by atoms with van der Waals surface area (Å²) in [4.78, 5) is 11.9. The van der Waals surface area contributed by atoms with Crippen molar-refractivity contribution < 1.29 is 4.79 Å². The van der Waals surface area contributed by atoms with Crippen molar-refractivity contribution in [1.29, 1.82) is 0 Å². The normalized spacial score (nSPS) is 10.2. The van der Waals surface area contributed by atoms with Crippen LogP contribution < -0.4 is 10.6 Å². The van der Waals surface area contributed by atoms with Gasteiger partial charge in [0.2, 0.25) is 5.91 Å². The minimum atomic E-state index is -0.161. The van der Waals surface area contributed by atoms with Crippen molar-refractivity contribution >= 4 is 40.5 Å². The minimum absolute atomic E-state index is 0.161. The van der Waals surface area contributed by atoms with Gasteiger partial charge in [-0.3, -0.25) is 4.79 Å². The van der Waals surface area contributed by atoms with Crippen molar-refractivity contribution in [3.05, 3.63) is 58.1 Å². The molecular formula is C15H14Cl2N2O. The van der Waals surface area contributed by atoms with Gasteiger partial charge in [0.1, 0.15) is 0 Å². The Morgan fingerprint density at radius 1 is 1.10 bits per heavy atom. The van der Waals surface area contributed by atoms with Crippen LogP contribution in [-0.2, 0) is 4.79 Å². The van der Waals surface area contributed by atoms with E-state index in [2.05, 4.69) is 10.6 Å². The van der Waals surface area contributed by atoms with Gasteiger partial charge in [-0.2, -0.15) is 0 Å². The van der Waals surface area contributed by atoms with Crippen molar-refractivity contribution in [2.45, 2.75) is 6.92 Å². The molecule has 0 bridgehead atoms.